The third kappa shape index (κ3) is 41.6. The first kappa shape index (κ1) is 118. The van der Waals surface area contributed by atoms with Crippen molar-refractivity contribution in [3.05, 3.63) is 72.3 Å². The van der Waals surface area contributed by atoms with Crippen LogP contribution in [0.15, 0.2) is 55.4 Å². The molecule has 2 aliphatic heterocycles. The predicted octanol–water partition coefficient (Wildman–Crippen LogP) is -7.36. The molecule has 54 heteroatoms. The zero-order chi connectivity index (χ0) is 104. The van der Waals surface area contributed by atoms with Gasteiger partial charge < -0.3 is 145 Å². The molecule has 0 bridgehead atoms. The molecule has 0 spiro atoms. The lowest BCUT2D eigenvalue weighted by Crippen LogP contribution is -2.62. The number of amides is 19. The molecule has 1 aromatic carbocycles. The number of benzene rings is 1. The normalized spacial score (nSPS) is 22.8. The van der Waals surface area contributed by atoms with Gasteiger partial charge in [0.1, 0.15) is 90.6 Å². The first-order valence-corrected chi connectivity index (χ1v) is 51.2. The summed E-state index contributed by atoms with van der Waals surface area (Å²) >= 11 is 2.51. The number of carbonyl (C=O) groups is 20. The van der Waals surface area contributed by atoms with Crippen LogP contribution in [-0.4, -0.2) is 324 Å². The van der Waals surface area contributed by atoms with Crippen molar-refractivity contribution < 1.29 is 106 Å². The molecule has 776 valence electrons. The van der Waals surface area contributed by atoms with Crippen LogP contribution >= 0.6 is 45.1 Å². The average molecular weight is 2040 g/mol. The van der Waals surface area contributed by atoms with Gasteiger partial charge in [0.15, 0.2) is 5.96 Å². The monoisotopic (exact) mass is 2040 g/mol. The molecule has 50 nitrogen and oxygen atoms in total. The zero-order valence-corrected chi connectivity index (χ0v) is 82.4. The summed E-state index contributed by atoms with van der Waals surface area (Å²) in [6.07, 6.45) is 4.92. The van der Waals surface area contributed by atoms with Crippen LogP contribution in [0.25, 0.3) is 0 Å². The molecular weight excluding hydrogens is 1910 g/mol. The van der Waals surface area contributed by atoms with Gasteiger partial charge in [-0.2, -0.15) is 23.5 Å². The fourth-order valence-electron chi connectivity index (χ4n) is 14.5. The van der Waals surface area contributed by atoms with Gasteiger partial charge in [-0.15, -0.1) is 0 Å². The lowest BCUT2D eigenvalue weighted by molar-refractivity contribution is -0.143. The number of primary amides is 3. The summed E-state index contributed by atoms with van der Waals surface area (Å²) in [6.45, 7) is 4.68. The summed E-state index contributed by atoms with van der Waals surface area (Å²) in [6, 6.07) is -16.9. The minimum absolute atomic E-state index is 0.0139. The Morgan fingerprint density at radius 1 is 0.543 bits per heavy atom. The number of imidazole rings is 2. The molecule has 19 amide bonds. The van der Waals surface area contributed by atoms with E-state index in [0.29, 0.717) is 12.0 Å². The minimum Gasteiger partial charge on any atom is -0.481 e. The molecule has 2 saturated heterocycles. The van der Waals surface area contributed by atoms with Gasteiger partial charge in [0, 0.05) is 86.9 Å². The Hall–Kier alpha value is -12.4. The van der Waals surface area contributed by atoms with Crippen LogP contribution < -0.4 is 119 Å². The Kier molecular flexibility index (Phi) is 52.8. The number of hydrogen-bond acceptors (Lipinski definition) is 30. The molecule has 0 aliphatic carbocycles. The van der Waals surface area contributed by atoms with Crippen LogP contribution in [0.1, 0.15) is 154 Å². The molecule has 4 heterocycles. The van der Waals surface area contributed by atoms with Crippen molar-refractivity contribution in [2.24, 2.45) is 46.2 Å². The van der Waals surface area contributed by atoms with Crippen LogP contribution in [-0.2, 0) is 115 Å². The van der Waals surface area contributed by atoms with E-state index in [2.05, 4.69) is 105 Å². The van der Waals surface area contributed by atoms with Gasteiger partial charge in [-0.3, -0.25) is 101 Å². The first-order chi connectivity index (χ1) is 66.6. The van der Waals surface area contributed by atoms with Crippen molar-refractivity contribution in [1.82, 2.24) is 110 Å². The highest BCUT2D eigenvalue weighted by molar-refractivity contribution is 8.76. The Labute approximate surface area is 825 Å². The van der Waals surface area contributed by atoms with Crippen molar-refractivity contribution in [2.45, 2.75) is 253 Å². The molecule has 140 heavy (non-hydrogen) atoms. The van der Waals surface area contributed by atoms with Crippen LogP contribution in [0.5, 0.6) is 0 Å². The van der Waals surface area contributed by atoms with Crippen molar-refractivity contribution >= 4 is 169 Å². The highest BCUT2D eigenvalue weighted by atomic mass is 33.1. The van der Waals surface area contributed by atoms with Gasteiger partial charge >= 0.3 is 5.97 Å². The molecule has 0 radical (unpaired) electrons. The number of nitrogens with zero attached hydrogens (tertiary/aromatic N) is 3. The van der Waals surface area contributed by atoms with Gasteiger partial charge in [-0.25, -0.2) is 9.97 Å². The molecule has 2 aliphatic rings. The SMILES string of the molecule is CC[C@H](C)[C@@H]1NC(=O)[C@H](Cc2cnc[nH]2)NC(=O)[C@H](CCC(N)=O)NC(=O)CNC(=O)[C@H](CCC(N)=O)NC(=O)[C@H](Cc2cnc[nH]2)NC(=O)[C@@H]2CCCN2C(=O)[C@H](CCCCN)NC(=O)[C@H]([C@@H](C)CC)NC(=O)[C@H](CCCNC(=N)N)NC(=O)[C@H](CCSC)NC(=O)[C@@H](N)CSSC[C@@H](C(=O)N[C@@H](CCC(=O)O)C(=O)N[C@@H](CCSC)C(=O)N[C@@H](CO)C(=O)N[C@@H](Cc2ccccc2)C(N)=O)NC1=O. The van der Waals surface area contributed by atoms with E-state index in [4.69, 9.17) is 39.8 Å². The number of aliphatic carboxylic acids is 1. The highest BCUT2D eigenvalue weighted by Gasteiger charge is 2.44. The van der Waals surface area contributed by atoms with Crippen molar-refractivity contribution in [2.75, 3.05) is 68.3 Å². The molecule has 2 aromatic heterocycles. The van der Waals surface area contributed by atoms with Gasteiger partial charge in [0.05, 0.1) is 31.8 Å². The second-order valence-electron chi connectivity index (χ2n) is 33.7. The average Bonchev–Trinajstić information content (AvgIpc) is 1.71. The van der Waals surface area contributed by atoms with E-state index in [0.717, 1.165) is 21.6 Å². The number of rotatable bonds is 43. The standard InChI is InChI=1S/C86H136N28O22S4/c1-7-45(3)68-83(134)106-57(18-12-13-29-87)85(136)114-31-15-20-63(114)82(133)109-59(35-48-37-94-43-98-48)78(129)103-52(21-24-64(89)116)72(123)97-39-66(118)100-53(22-25-65(90)117)73(124)108-60(36-49-38-95-44-99-49)79(130)113-69(46(4)8-2)84(135)111-62(42-140-139-41-50(88)71(122)101-55(27-32-137-5)75(126)102-51(77(128)112-68)19-14-30-96-86(92)93)81(132)104-54(23-26-67(119)120)74(125)105-56(28-33-138-6)76(127)110-61(40-115)80(131)107-58(70(91)121)34-47-16-10-9-11-17-47/h9-11,16-17,37-38,43-46,50-63,68-69,115H,7-8,12-15,18-36,39-42,87-88H2,1-6H3,(H2,89,116)(H2,90,117)(H2,91,121)(H,94,98)(H,95,99)(H,97,123)(H,100,118)(H,101,122)(H,102,126)(H,103,129)(H,104,132)(H,105,125)(H,106,134)(H,107,131)(H,108,124)(H,109,133)(H,110,127)(H,111,135)(H,112,128)(H,113,130)(H,119,120)(H4,92,93,96)/t45-,46-,50-,51-,52-,53-,54-,55-,56-,57-,58-,59-,60-,61-,62-,63-,68-,69-/m0/s1. The van der Waals surface area contributed by atoms with Crippen molar-refractivity contribution in [1.29, 1.82) is 5.41 Å². The third-order valence-electron chi connectivity index (χ3n) is 23.0. The van der Waals surface area contributed by atoms with Gasteiger partial charge in [-0.05, 0) is 125 Å². The quantitative estimate of drug-likeness (QED) is 0.0108. The predicted molar refractivity (Wildman–Crippen MR) is 519 cm³/mol. The molecule has 2 fully saturated rings. The molecule has 33 N–H and O–H groups in total. The number of fused-ring (bicyclic) bond motifs is 1. The second-order valence-corrected chi connectivity index (χ2v) is 38.3. The fourth-order valence-corrected chi connectivity index (χ4v) is 17.8. The second kappa shape index (κ2) is 62.6. The number of carbonyl (C=O) groups excluding carboxylic acids is 19. The van der Waals surface area contributed by atoms with E-state index in [9.17, 15) is 86.9 Å². The largest absolute Gasteiger partial charge is 0.481 e. The zero-order valence-electron chi connectivity index (χ0n) is 79.1. The molecule has 3 aromatic rings. The lowest BCUT2D eigenvalue weighted by Gasteiger charge is -2.32. The van der Waals surface area contributed by atoms with Crippen LogP contribution in [0, 0.1) is 17.2 Å². The Balaban J connectivity index is 1.64. The number of nitrogens with one attached hydrogen (secondary N) is 19. The Morgan fingerprint density at radius 3 is 1.56 bits per heavy atom. The number of thioether (sulfide) groups is 2. The summed E-state index contributed by atoms with van der Waals surface area (Å²) in [5, 5.41) is 69.3. The number of carboxylic acids is 1. The van der Waals surface area contributed by atoms with Gasteiger partial charge in [0.25, 0.3) is 0 Å². The van der Waals surface area contributed by atoms with E-state index in [-0.39, 0.29) is 125 Å². The number of guanidine groups is 1. The van der Waals surface area contributed by atoms with Gasteiger partial charge in [0.2, 0.25) is 112 Å². The van der Waals surface area contributed by atoms with Crippen molar-refractivity contribution in [3.8, 4) is 0 Å². The number of aromatic nitrogens is 4. The number of H-pyrrole nitrogens is 2. The topological polar surface area (TPSA) is 815 Å². The highest BCUT2D eigenvalue weighted by Crippen LogP contribution is 2.26. The molecule has 0 saturated carbocycles. The van der Waals surface area contributed by atoms with Gasteiger partial charge in [-0.1, -0.05) is 92.5 Å². The Bertz CT molecular complexity index is 4650. The lowest BCUT2D eigenvalue weighted by atomic mass is 9.96. The fraction of sp³-hybridized carbons (Fsp3) is 0.616. The number of aromatic amines is 2. The van der Waals surface area contributed by atoms with Crippen LogP contribution in [0.3, 0.4) is 0 Å². The van der Waals surface area contributed by atoms with Crippen molar-refractivity contribution in [3.63, 3.8) is 0 Å². The number of aliphatic hydroxyl groups excluding tert-OH is 1. The third-order valence-corrected chi connectivity index (χ3v) is 26.7. The molecule has 5 rings (SSSR count). The minimum atomic E-state index is -1.88. The maximum atomic E-state index is 15.3. The summed E-state index contributed by atoms with van der Waals surface area (Å²) < 4.78 is 0. The molecule has 18 atom stereocenters. The summed E-state index contributed by atoms with van der Waals surface area (Å²) in [5.74, 6) is -23.0. The molecule has 0 unspecified atom stereocenters. The number of aliphatic hydroxyl groups is 1. The number of hydrogen-bond donors (Lipinski definition) is 27. The summed E-state index contributed by atoms with van der Waals surface area (Å²) in [7, 11) is 1.67. The van der Waals surface area contributed by atoms with E-state index in [1.165, 1.54) is 60.4 Å². The first-order valence-electron chi connectivity index (χ1n) is 45.9. The Morgan fingerprint density at radius 2 is 1.03 bits per heavy atom. The van der Waals surface area contributed by atoms with Crippen LogP contribution in [0.2, 0.25) is 0 Å². The smallest absolute Gasteiger partial charge is 0.303 e. The van der Waals surface area contributed by atoms with E-state index in [1.54, 1.807) is 63.6 Å². The van der Waals surface area contributed by atoms with E-state index < -0.39 is 297 Å². The number of unbranched alkanes of at least 4 members (excludes halogenated alkanes) is 1. The number of nitrogens with two attached hydrogens (primary N) is 6. The van der Waals surface area contributed by atoms with E-state index >= 15 is 19.2 Å². The molecular formula is C86H136N28O22S4. The van der Waals surface area contributed by atoms with Crippen LogP contribution in [0.4, 0.5) is 0 Å². The summed E-state index contributed by atoms with van der Waals surface area (Å²) in [4.78, 5) is 300. The van der Waals surface area contributed by atoms with E-state index in [1.807, 2.05) is 0 Å². The maximum absolute atomic E-state index is 15.3. The maximum Gasteiger partial charge on any atom is 0.303 e. The number of carboxylic acid groups (broad SMARTS) is 1. The summed E-state index contributed by atoms with van der Waals surface area (Å²) in [5.41, 5.74) is 35.9.